The Morgan fingerprint density at radius 2 is 1.00 bits per heavy atom. The highest BCUT2D eigenvalue weighted by Gasteiger charge is 2.44. The fourth-order valence-corrected chi connectivity index (χ4v) is 5.03. The van der Waals surface area contributed by atoms with E-state index in [4.69, 9.17) is 4.74 Å². The molecule has 0 aromatic rings. The largest absolute Gasteiger partial charge is 0.368 e. The highest BCUT2D eigenvalue weighted by Crippen LogP contribution is 2.47. The van der Waals surface area contributed by atoms with Gasteiger partial charge in [-0.15, -0.1) is 26.3 Å². The summed E-state index contributed by atoms with van der Waals surface area (Å²) in [5.41, 5.74) is -0.0125. The van der Waals surface area contributed by atoms with Crippen LogP contribution in [0.25, 0.3) is 0 Å². The minimum atomic E-state index is -0.00625. The van der Waals surface area contributed by atoms with Crippen LogP contribution in [0.1, 0.15) is 77.0 Å². The van der Waals surface area contributed by atoms with E-state index in [-0.39, 0.29) is 11.2 Å². The summed E-state index contributed by atoms with van der Waals surface area (Å²) in [6.45, 7) is 15.9. The molecule has 2 saturated carbocycles. The number of hydrogen-bond acceptors (Lipinski definition) is 1. The van der Waals surface area contributed by atoms with Crippen LogP contribution in [0, 0.1) is 11.8 Å². The zero-order valence-electron chi connectivity index (χ0n) is 16.2. The summed E-state index contributed by atoms with van der Waals surface area (Å²) in [7, 11) is 0. The van der Waals surface area contributed by atoms with Gasteiger partial charge in [-0.2, -0.15) is 0 Å². The average Bonchev–Trinajstić information content (AvgIpc) is 2.60. The standard InChI is InChI=1S/C24H38O/c1-5-9-21-11-17-23(15-7-3,18-12-21)25-24(16-8-4)19-13-22(10-6-2)14-20-24/h5-8,21-22H,1-4,9-20H2. The van der Waals surface area contributed by atoms with Gasteiger partial charge < -0.3 is 4.74 Å². The molecule has 2 aliphatic carbocycles. The van der Waals surface area contributed by atoms with E-state index in [9.17, 15) is 0 Å². The minimum absolute atomic E-state index is 0.00625. The Morgan fingerprint density at radius 1 is 0.640 bits per heavy atom. The molecule has 0 bridgehead atoms. The van der Waals surface area contributed by atoms with Gasteiger partial charge in [-0.3, -0.25) is 0 Å². The molecule has 0 aliphatic heterocycles. The Hall–Kier alpha value is -1.08. The molecule has 0 aromatic heterocycles. The van der Waals surface area contributed by atoms with E-state index >= 15 is 0 Å². The molecule has 0 heterocycles. The fourth-order valence-electron chi connectivity index (χ4n) is 5.03. The number of rotatable bonds is 10. The third kappa shape index (κ3) is 5.45. The van der Waals surface area contributed by atoms with Crippen molar-refractivity contribution in [1.82, 2.24) is 0 Å². The van der Waals surface area contributed by atoms with E-state index in [1.54, 1.807) is 0 Å². The van der Waals surface area contributed by atoms with Crippen molar-refractivity contribution in [3.05, 3.63) is 50.6 Å². The molecule has 2 rings (SSSR count). The lowest BCUT2D eigenvalue weighted by Gasteiger charge is -2.49. The van der Waals surface area contributed by atoms with E-state index in [1.165, 1.54) is 25.7 Å². The van der Waals surface area contributed by atoms with Crippen molar-refractivity contribution in [2.24, 2.45) is 11.8 Å². The molecule has 2 aliphatic rings. The summed E-state index contributed by atoms with van der Waals surface area (Å²) in [4.78, 5) is 0. The first kappa shape index (κ1) is 20.2. The van der Waals surface area contributed by atoms with Gasteiger partial charge in [0.15, 0.2) is 0 Å². The predicted molar refractivity (Wildman–Crippen MR) is 110 cm³/mol. The second-order valence-corrected chi connectivity index (χ2v) is 8.39. The lowest BCUT2D eigenvalue weighted by atomic mass is 9.72. The average molecular weight is 343 g/mol. The van der Waals surface area contributed by atoms with Crippen molar-refractivity contribution in [3.8, 4) is 0 Å². The Morgan fingerprint density at radius 3 is 1.28 bits per heavy atom. The third-order valence-electron chi connectivity index (χ3n) is 6.50. The van der Waals surface area contributed by atoms with Crippen LogP contribution < -0.4 is 0 Å². The fraction of sp³-hybridized carbons (Fsp3) is 0.667. The van der Waals surface area contributed by atoms with Gasteiger partial charge in [0.2, 0.25) is 0 Å². The maximum atomic E-state index is 7.05. The van der Waals surface area contributed by atoms with Gasteiger partial charge >= 0.3 is 0 Å². The van der Waals surface area contributed by atoms with Crippen molar-refractivity contribution in [2.45, 2.75) is 88.3 Å². The Bertz CT molecular complexity index is 403. The van der Waals surface area contributed by atoms with Gasteiger partial charge in [0.1, 0.15) is 0 Å². The van der Waals surface area contributed by atoms with E-state index in [1.807, 2.05) is 0 Å². The SMILES string of the molecule is C=CCC1CCC(CC=C)(OC2(CC=C)CCC(CC=C)CC2)CC1. The third-order valence-corrected chi connectivity index (χ3v) is 6.50. The topological polar surface area (TPSA) is 9.23 Å². The van der Waals surface area contributed by atoms with Gasteiger partial charge in [0, 0.05) is 0 Å². The first-order valence-electron chi connectivity index (χ1n) is 10.2. The van der Waals surface area contributed by atoms with Gasteiger partial charge in [-0.1, -0.05) is 24.3 Å². The lowest BCUT2D eigenvalue weighted by Crippen LogP contribution is -2.48. The van der Waals surface area contributed by atoms with E-state index in [0.29, 0.717) is 0 Å². The zero-order valence-corrected chi connectivity index (χ0v) is 16.2. The van der Waals surface area contributed by atoms with Crippen LogP contribution in [-0.4, -0.2) is 11.2 Å². The van der Waals surface area contributed by atoms with Crippen LogP contribution in [0.4, 0.5) is 0 Å². The van der Waals surface area contributed by atoms with E-state index in [0.717, 1.165) is 63.2 Å². The van der Waals surface area contributed by atoms with Gasteiger partial charge in [-0.25, -0.2) is 0 Å². The van der Waals surface area contributed by atoms with Gasteiger partial charge in [-0.05, 0) is 88.9 Å². The summed E-state index contributed by atoms with van der Waals surface area (Å²) < 4.78 is 7.05. The summed E-state index contributed by atoms with van der Waals surface area (Å²) in [6.07, 6.45) is 22.2. The van der Waals surface area contributed by atoms with Crippen LogP contribution in [0.5, 0.6) is 0 Å². The molecule has 25 heavy (non-hydrogen) atoms. The molecular weight excluding hydrogens is 304 g/mol. The van der Waals surface area contributed by atoms with Crippen molar-refractivity contribution < 1.29 is 4.74 Å². The van der Waals surface area contributed by atoms with Crippen LogP contribution in [0.2, 0.25) is 0 Å². The number of ether oxygens (including phenoxy) is 1. The quantitative estimate of drug-likeness (QED) is 0.382. The second kappa shape index (κ2) is 9.57. The van der Waals surface area contributed by atoms with Crippen LogP contribution in [0.15, 0.2) is 50.6 Å². The normalized spacial score (nSPS) is 35.7. The molecular formula is C24H38O. The molecule has 1 heteroatoms. The summed E-state index contributed by atoms with van der Waals surface area (Å²) in [6, 6.07) is 0. The molecule has 1 nitrogen and oxygen atoms in total. The molecule has 0 amide bonds. The second-order valence-electron chi connectivity index (χ2n) is 8.39. The molecule has 0 unspecified atom stereocenters. The first-order valence-corrected chi connectivity index (χ1v) is 10.2. The molecule has 0 radical (unpaired) electrons. The Kier molecular flexibility index (Phi) is 7.75. The molecule has 0 atom stereocenters. The van der Waals surface area contributed by atoms with E-state index < -0.39 is 0 Å². The highest BCUT2D eigenvalue weighted by molar-refractivity contribution is 5.00. The maximum absolute atomic E-state index is 7.05. The summed E-state index contributed by atoms with van der Waals surface area (Å²) in [5.74, 6) is 1.58. The lowest BCUT2D eigenvalue weighted by molar-refractivity contribution is -0.188. The van der Waals surface area contributed by atoms with Gasteiger partial charge in [0.05, 0.1) is 11.2 Å². The Balaban J connectivity index is 2.07. The first-order chi connectivity index (χ1) is 12.1. The number of allylic oxidation sites excluding steroid dienone is 2. The monoisotopic (exact) mass is 342 g/mol. The smallest absolute Gasteiger partial charge is 0.0724 e. The number of hydrogen-bond donors (Lipinski definition) is 0. The van der Waals surface area contributed by atoms with Gasteiger partial charge in [0.25, 0.3) is 0 Å². The van der Waals surface area contributed by atoms with Crippen LogP contribution in [0.3, 0.4) is 0 Å². The van der Waals surface area contributed by atoms with E-state index in [2.05, 4.69) is 50.6 Å². The molecule has 0 saturated heterocycles. The van der Waals surface area contributed by atoms with Crippen LogP contribution >= 0.6 is 0 Å². The Labute approximate surface area is 155 Å². The molecule has 140 valence electrons. The van der Waals surface area contributed by atoms with Crippen molar-refractivity contribution in [3.63, 3.8) is 0 Å². The molecule has 0 spiro atoms. The predicted octanol–water partition coefficient (Wildman–Crippen LogP) is 7.17. The van der Waals surface area contributed by atoms with Crippen LogP contribution in [-0.2, 0) is 4.74 Å². The molecule has 0 aromatic carbocycles. The molecule has 0 N–H and O–H groups in total. The van der Waals surface area contributed by atoms with Crippen molar-refractivity contribution >= 4 is 0 Å². The van der Waals surface area contributed by atoms with Crippen molar-refractivity contribution in [1.29, 1.82) is 0 Å². The zero-order chi connectivity index (χ0) is 18.2. The maximum Gasteiger partial charge on any atom is 0.0724 e. The summed E-state index contributed by atoms with van der Waals surface area (Å²) >= 11 is 0. The minimum Gasteiger partial charge on any atom is -0.368 e. The molecule has 2 fully saturated rings. The summed E-state index contributed by atoms with van der Waals surface area (Å²) in [5, 5.41) is 0. The highest BCUT2D eigenvalue weighted by atomic mass is 16.5. The van der Waals surface area contributed by atoms with Crippen molar-refractivity contribution in [2.75, 3.05) is 0 Å².